The fourth-order valence-electron chi connectivity index (χ4n) is 1.49. The number of carbonyl (C=O) groups excluding carboxylic acids is 1. The number of carbonyl (C=O) groups is 1. The molecule has 15 heavy (non-hydrogen) atoms. The lowest BCUT2D eigenvalue weighted by Crippen LogP contribution is -2.48. The van der Waals surface area contributed by atoms with Crippen molar-refractivity contribution in [1.82, 2.24) is 10.4 Å². The van der Waals surface area contributed by atoms with Crippen molar-refractivity contribution in [3.8, 4) is 0 Å². The first-order chi connectivity index (χ1) is 7.15. The molecule has 4 nitrogen and oxygen atoms in total. The van der Waals surface area contributed by atoms with E-state index in [9.17, 15) is 4.79 Å². The lowest BCUT2D eigenvalue weighted by molar-refractivity contribution is 0.0129. The van der Waals surface area contributed by atoms with Gasteiger partial charge in [0.05, 0.1) is 6.54 Å². The number of hydrogen-bond donors (Lipinski definition) is 1. The van der Waals surface area contributed by atoms with Gasteiger partial charge >= 0.3 is 6.09 Å². The highest BCUT2D eigenvalue weighted by atomic mass is 79.9. The molecule has 1 aliphatic heterocycles. The summed E-state index contributed by atoms with van der Waals surface area (Å²) in [5.74, 6) is 0. The van der Waals surface area contributed by atoms with E-state index in [1.54, 1.807) is 5.01 Å². The predicted octanol–water partition coefficient (Wildman–Crippen LogP) is 2.08. The highest BCUT2D eigenvalue weighted by Crippen LogP contribution is 2.22. The topological polar surface area (TPSA) is 41.6 Å². The van der Waals surface area contributed by atoms with Crippen LogP contribution in [0.15, 0.2) is 28.7 Å². The van der Waals surface area contributed by atoms with Crippen molar-refractivity contribution >= 4 is 22.0 Å². The van der Waals surface area contributed by atoms with E-state index in [1.165, 1.54) is 0 Å². The fraction of sp³-hybridized carbons (Fsp3) is 0.300. The van der Waals surface area contributed by atoms with Crippen molar-refractivity contribution in [2.45, 2.75) is 6.10 Å². The van der Waals surface area contributed by atoms with Crippen LogP contribution in [0.25, 0.3) is 0 Å². The molecule has 0 spiro atoms. The van der Waals surface area contributed by atoms with Gasteiger partial charge in [-0.05, 0) is 17.7 Å². The molecule has 1 unspecified atom stereocenters. The number of ether oxygens (including phenoxy) is 1. The standard InChI is InChI=1S/C10H11BrN2O2/c1-13-6-9(15-10(14)12-13)7-2-4-8(11)5-3-7/h2-5,9H,6H2,1H3,(H,12,14). The van der Waals surface area contributed by atoms with Crippen molar-refractivity contribution in [3.63, 3.8) is 0 Å². The summed E-state index contributed by atoms with van der Waals surface area (Å²) in [6, 6.07) is 7.76. The van der Waals surface area contributed by atoms with Gasteiger partial charge in [0, 0.05) is 11.5 Å². The average Bonchev–Trinajstić information content (AvgIpc) is 2.17. The summed E-state index contributed by atoms with van der Waals surface area (Å²) in [4.78, 5) is 11.1. The molecule has 1 fully saturated rings. The zero-order valence-corrected chi connectivity index (χ0v) is 9.82. The number of cyclic esters (lactones) is 1. The molecular formula is C10H11BrN2O2. The van der Waals surface area contributed by atoms with Crippen LogP contribution >= 0.6 is 15.9 Å². The van der Waals surface area contributed by atoms with Crippen molar-refractivity contribution in [3.05, 3.63) is 34.3 Å². The maximum absolute atomic E-state index is 11.1. The molecule has 2 rings (SSSR count). The van der Waals surface area contributed by atoms with Gasteiger partial charge in [0.2, 0.25) is 0 Å². The number of nitrogens with one attached hydrogen (secondary N) is 1. The fourth-order valence-corrected chi connectivity index (χ4v) is 1.76. The lowest BCUT2D eigenvalue weighted by atomic mass is 10.1. The zero-order chi connectivity index (χ0) is 10.8. The Morgan fingerprint density at radius 1 is 1.47 bits per heavy atom. The van der Waals surface area contributed by atoms with Gasteiger partial charge in [0.25, 0.3) is 0 Å². The van der Waals surface area contributed by atoms with E-state index in [2.05, 4.69) is 21.4 Å². The molecule has 0 aromatic heterocycles. The van der Waals surface area contributed by atoms with Crippen LogP contribution in [-0.2, 0) is 4.74 Å². The highest BCUT2D eigenvalue weighted by Gasteiger charge is 2.24. The summed E-state index contributed by atoms with van der Waals surface area (Å²) >= 11 is 3.36. The van der Waals surface area contributed by atoms with E-state index in [-0.39, 0.29) is 6.10 Å². The lowest BCUT2D eigenvalue weighted by Gasteiger charge is -2.30. The number of amides is 1. The number of hydrazine groups is 1. The van der Waals surface area contributed by atoms with Gasteiger partial charge in [-0.25, -0.2) is 9.80 Å². The summed E-state index contributed by atoms with van der Waals surface area (Å²) in [5, 5.41) is 1.72. The van der Waals surface area contributed by atoms with E-state index >= 15 is 0 Å². The first kappa shape index (κ1) is 10.4. The molecule has 80 valence electrons. The SMILES string of the molecule is CN1CC(c2ccc(Br)cc2)OC(=O)N1. The monoisotopic (exact) mass is 270 g/mol. The smallest absolute Gasteiger partial charge is 0.422 e. The summed E-state index contributed by atoms with van der Waals surface area (Å²) < 4.78 is 6.19. The third kappa shape index (κ3) is 2.49. The molecule has 1 N–H and O–H groups in total. The Labute approximate surface area is 96.3 Å². The Kier molecular flexibility index (Phi) is 2.93. The third-order valence-electron chi connectivity index (χ3n) is 2.21. The number of nitrogens with zero attached hydrogens (tertiary/aromatic N) is 1. The second kappa shape index (κ2) is 4.20. The summed E-state index contributed by atoms with van der Waals surface area (Å²) in [7, 11) is 1.81. The second-order valence-corrected chi connectivity index (χ2v) is 4.35. The van der Waals surface area contributed by atoms with Gasteiger partial charge < -0.3 is 4.74 Å². The second-order valence-electron chi connectivity index (χ2n) is 3.44. The first-order valence-corrected chi connectivity index (χ1v) is 5.38. The molecule has 1 saturated heterocycles. The Morgan fingerprint density at radius 3 is 2.73 bits per heavy atom. The van der Waals surface area contributed by atoms with E-state index < -0.39 is 6.09 Å². The van der Waals surface area contributed by atoms with Gasteiger partial charge in [-0.2, -0.15) is 0 Å². The van der Waals surface area contributed by atoms with Crippen LogP contribution < -0.4 is 5.43 Å². The van der Waals surface area contributed by atoms with Gasteiger partial charge in [-0.3, -0.25) is 5.43 Å². The van der Waals surface area contributed by atoms with Crippen LogP contribution in [0.2, 0.25) is 0 Å². The summed E-state index contributed by atoms with van der Waals surface area (Å²) in [5.41, 5.74) is 3.55. The zero-order valence-electron chi connectivity index (χ0n) is 8.24. The van der Waals surface area contributed by atoms with Gasteiger partial charge in [0.1, 0.15) is 6.10 Å². The number of benzene rings is 1. The Hall–Kier alpha value is -1.07. The molecule has 1 aromatic rings. The van der Waals surface area contributed by atoms with Gasteiger partial charge in [0.15, 0.2) is 0 Å². The molecule has 1 aromatic carbocycles. The van der Waals surface area contributed by atoms with E-state index in [0.29, 0.717) is 6.54 Å². The molecule has 1 aliphatic rings. The quantitative estimate of drug-likeness (QED) is 0.850. The van der Waals surface area contributed by atoms with Crippen LogP contribution in [0.5, 0.6) is 0 Å². The molecule has 0 radical (unpaired) electrons. The first-order valence-electron chi connectivity index (χ1n) is 4.59. The average molecular weight is 271 g/mol. The predicted molar refractivity (Wildman–Crippen MR) is 59.1 cm³/mol. The van der Waals surface area contributed by atoms with Crippen molar-refractivity contribution in [2.75, 3.05) is 13.6 Å². The third-order valence-corrected chi connectivity index (χ3v) is 2.74. The molecule has 0 aliphatic carbocycles. The molecule has 1 amide bonds. The van der Waals surface area contributed by atoms with Crippen molar-refractivity contribution < 1.29 is 9.53 Å². The van der Waals surface area contributed by atoms with Crippen LogP contribution in [-0.4, -0.2) is 24.7 Å². The maximum Gasteiger partial charge on any atom is 0.422 e. The molecular weight excluding hydrogens is 260 g/mol. The number of hydrogen-bond acceptors (Lipinski definition) is 3. The summed E-state index contributed by atoms with van der Waals surface area (Å²) in [6.45, 7) is 0.646. The van der Waals surface area contributed by atoms with Crippen LogP contribution in [0, 0.1) is 0 Å². The Balaban J connectivity index is 2.16. The van der Waals surface area contributed by atoms with Crippen LogP contribution in [0.4, 0.5) is 4.79 Å². The van der Waals surface area contributed by atoms with E-state index in [1.807, 2.05) is 31.3 Å². The molecule has 1 heterocycles. The normalized spacial score (nSPS) is 22.0. The van der Waals surface area contributed by atoms with Crippen LogP contribution in [0.1, 0.15) is 11.7 Å². The molecule has 0 saturated carbocycles. The highest BCUT2D eigenvalue weighted by molar-refractivity contribution is 9.10. The number of rotatable bonds is 1. The Bertz CT molecular complexity index is 366. The van der Waals surface area contributed by atoms with E-state index in [0.717, 1.165) is 10.0 Å². The van der Waals surface area contributed by atoms with E-state index in [4.69, 9.17) is 4.74 Å². The minimum absolute atomic E-state index is 0.197. The summed E-state index contributed by atoms with van der Waals surface area (Å²) in [6.07, 6.45) is -0.603. The minimum Gasteiger partial charge on any atom is -0.439 e. The number of likely N-dealkylation sites (N-methyl/N-ethyl adjacent to an activating group) is 1. The molecule has 0 bridgehead atoms. The molecule has 1 atom stereocenters. The molecule has 5 heteroatoms. The van der Waals surface area contributed by atoms with Crippen molar-refractivity contribution in [2.24, 2.45) is 0 Å². The maximum atomic E-state index is 11.1. The number of halogens is 1. The van der Waals surface area contributed by atoms with Gasteiger partial charge in [-0.1, -0.05) is 28.1 Å². The van der Waals surface area contributed by atoms with Crippen molar-refractivity contribution in [1.29, 1.82) is 0 Å². The van der Waals surface area contributed by atoms with Gasteiger partial charge in [-0.15, -0.1) is 0 Å². The Morgan fingerprint density at radius 2 is 2.13 bits per heavy atom. The minimum atomic E-state index is -0.406. The largest absolute Gasteiger partial charge is 0.439 e. The van der Waals surface area contributed by atoms with Crippen LogP contribution in [0.3, 0.4) is 0 Å².